The Hall–Kier alpha value is -3.13. The van der Waals surface area contributed by atoms with E-state index in [2.05, 4.69) is 15.5 Å². The molecule has 0 saturated carbocycles. The molecule has 2 aromatic heterocycles. The molecule has 0 radical (unpaired) electrons. The molecule has 26 heavy (non-hydrogen) atoms. The molecule has 8 nitrogen and oxygen atoms in total. The van der Waals surface area contributed by atoms with Gasteiger partial charge in [0.2, 0.25) is 0 Å². The van der Waals surface area contributed by atoms with Crippen LogP contribution in [-0.4, -0.2) is 36.5 Å². The Kier molecular flexibility index (Phi) is 4.77. The SMILES string of the molecule is Cc1cccc(Cn2cc(Cl)c(NC(=O)c3cnn(C)c3C(=O)O)n2)c1. The number of aromatic nitrogens is 4. The minimum absolute atomic E-state index is 0.0655. The number of aromatic carboxylic acids is 1. The number of carbonyl (C=O) groups is 2. The monoisotopic (exact) mass is 373 g/mol. The fraction of sp³-hybridized carbons (Fsp3) is 0.176. The number of hydrogen-bond donors (Lipinski definition) is 2. The topological polar surface area (TPSA) is 102 Å². The summed E-state index contributed by atoms with van der Waals surface area (Å²) in [5.74, 6) is -1.73. The van der Waals surface area contributed by atoms with Gasteiger partial charge in [0.05, 0.1) is 18.3 Å². The highest BCUT2D eigenvalue weighted by Gasteiger charge is 2.23. The second-order valence-corrected chi connectivity index (χ2v) is 6.21. The smallest absolute Gasteiger partial charge is 0.354 e. The maximum atomic E-state index is 12.4. The summed E-state index contributed by atoms with van der Waals surface area (Å²) in [4.78, 5) is 23.7. The lowest BCUT2D eigenvalue weighted by molar-refractivity contribution is 0.0680. The molecule has 0 spiro atoms. The second-order valence-electron chi connectivity index (χ2n) is 5.80. The highest BCUT2D eigenvalue weighted by molar-refractivity contribution is 6.33. The maximum absolute atomic E-state index is 12.4. The Morgan fingerprint density at radius 2 is 2.12 bits per heavy atom. The Bertz CT molecular complexity index is 992. The lowest BCUT2D eigenvalue weighted by Gasteiger charge is -2.04. The Morgan fingerprint density at radius 3 is 2.81 bits per heavy atom. The number of benzene rings is 1. The van der Waals surface area contributed by atoms with Crippen molar-refractivity contribution in [3.63, 3.8) is 0 Å². The van der Waals surface area contributed by atoms with Crippen molar-refractivity contribution >= 4 is 29.3 Å². The van der Waals surface area contributed by atoms with Crippen LogP contribution in [-0.2, 0) is 13.6 Å². The molecule has 3 rings (SSSR count). The van der Waals surface area contributed by atoms with Crippen LogP contribution in [0.1, 0.15) is 32.0 Å². The average Bonchev–Trinajstić information content (AvgIpc) is 3.10. The lowest BCUT2D eigenvalue weighted by Crippen LogP contribution is -2.17. The summed E-state index contributed by atoms with van der Waals surface area (Å²) in [5, 5.41) is 20.1. The number of anilines is 1. The third-order valence-corrected chi connectivity index (χ3v) is 4.04. The zero-order valence-corrected chi connectivity index (χ0v) is 14.9. The molecule has 1 amide bonds. The molecule has 0 unspecified atom stereocenters. The van der Waals surface area contributed by atoms with E-state index in [1.54, 1.807) is 10.9 Å². The van der Waals surface area contributed by atoms with E-state index in [1.807, 2.05) is 31.2 Å². The van der Waals surface area contributed by atoms with Crippen molar-refractivity contribution in [2.24, 2.45) is 7.05 Å². The van der Waals surface area contributed by atoms with Crippen molar-refractivity contribution in [2.45, 2.75) is 13.5 Å². The van der Waals surface area contributed by atoms with Gasteiger partial charge in [-0.15, -0.1) is 0 Å². The zero-order chi connectivity index (χ0) is 18.8. The van der Waals surface area contributed by atoms with Crippen molar-refractivity contribution in [2.75, 3.05) is 5.32 Å². The number of halogens is 1. The van der Waals surface area contributed by atoms with Crippen LogP contribution in [0.4, 0.5) is 5.82 Å². The lowest BCUT2D eigenvalue weighted by atomic mass is 10.1. The molecule has 0 fully saturated rings. The standard InChI is InChI=1S/C17H16ClN5O3/c1-10-4-3-5-11(6-10)8-23-9-13(18)15(21-23)20-16(24)12-7-19-22(2)14(12)17(25)26/h3-7,9H,8H2,1-2H3,(H,25,26)(H,20,21,24). The molecule has 0 saturated heterocycles. The number of nitrogens with one attached hydrogen (secondary N) is 1. The summed E-state index contributed by atoms with van der Waals surface area (Å²) in [5.41, 5.74) is 1.90. The number of nitrogens with zero attached hydrogens (tertiary/aromatic N) is 4. The first-order valence-corrected chi connectivity index (χ1v) is 8.08. The number of carbonyl (C=O) groups excluding carboxylic acids is 1. The van der Waals surface area contributed by atoms with Crippen LogP contribution in [0.25, 0.3) is 0 Å². The highest BCUT2D eigenvalue weighted by Crippen LogP contribution is 2.21. The minimum atomic E-state index is -1.24. The summed E-state index contributed by atoms with van der Waals surface area (Å²) in [6, 6.07) is 7.95. The van der Waals surface area contributed by atoms with Gasteiger partial charge in [-0.2, -0.15) is 10.2 Å². The van der Waals surface area contributed by atoms with E-state index >= 15 is 0 Å². The molecule has 0 atom stereocenters. The highest BCUT2D eigenvalue weighted by atomic mass is 35.5. The first-order chi connectivity index (χ1) is 12.3. The number of amides is 1. The Morgan fingerprint density at radius 1 is 1.35 bits per heavy atom. The molecular formula is C17H16ClN5O3. The van der Waals surface area contributed by atoms with Crippen molar-refractivity contribution in [3.05, 3.63) is 64.1 Å². The van der Waals surface area contributed by atoms with Gasteiger partial charge in [-0.25, -0.2) is 4.79 Å². The third-order valence-electron chi connectivity index (χ3n) is 3.76. The van der Waals surface area contributed by atoms with Gasteiger partial charge < -0.3 is 10.4 Å². The van der Waals surface area contributed by atoms with Crippen LogP contribution in [0, 0.1) is 6.92 Å². The maximum Gasteiger partial charge on any atom is 0.354 e. The van der Waals surface area contributed by atoms with Crippen molar-refractivity contribution in [1.82, 2.24) is 19.6 Å². The summed E-state index contributed by atoms with van der Waals surface area (Å²) in [7, 11) is 1.45. The van der Waals surface area contributed by atoms with Gasteiger partial charge in [0.1, 0.15) is 5.02 Å². The van der Waals surface area contributed by atoms with E-state index in [0.29, 0.717) is 6.54 Å². The van der Waals surface area contributed by atoms with E-state index in [9.17, 15) is 14.7 Å². The van der Waals surface area contributed by atoms with Crippen LogP contribution in [0.3, 0.4) is 0 Å². The van der Waals surface area contributed by atoms with Gasteiger partial charge in [-0.05, 0) is 12.5 Å². The molecule has 2 heterocycles. The molecular weight excluding hydrogens is 358 g/mol. The summed E-state index contributed by atoms with van der Waals surface area (Å²) >= 11 is 6.15. The number of carboxylic acid groups (broad SMARTS) is 1. The molecule has 134 valence electrons. The van der Waals surface area contributed by atoms with Crippen LogP contribution < -0.4 is 5.32 Å². The van der Waals surface area contributed by atoms with Gasteiger partial charge in [-0.1, -0.05) is 41.4 Å². The Balaban J connectivity index is 1.80. The average molecular weight is 374 g/mol. The first kappa shape index (κ1) is 17.7. The molecule has 0 aliphatic carbocycles. The van der Waals surface area contributed by atoms with Crippen molar-refractivity contribution in [1.29, 1.82) is 0 Å². The molecule has 9 heteroatoms. The fourth-order valence-electron chi connectivity index (χ4n) is 2.59. The number of carboxylic acids is 1. The van der Waals surface area contributed by atoms with Crippen LogP contribution >= 0.6 is 11.6 Å². The minimum Gasteiger partial charge on any atom is -0.477 e. The first-order valence-electron chi connectivity index (χ1n) is 7.70. The number of hydrogen-bond acceptors (Lipinski definition) is 4. The Labute approximate surface area is 154 Å². The van der Waals surface area contributed by atoms with Crippen LogP contribution in [0.5, 0.6) is 0 Å². The van der Waals surface area contributed by atoms with Gasteiger partial charge in [0.15, 0.2) is 11.5 Å². The molecule has 0 aliphatic heterocycles. The second kappa shape index (κ2) is 7.01. The molecule has 0 bridgehead atoms. The number of aryl methyl sites for hydroxylation is 2. The van der Waals surface area contributed by atoms with Crippen molar-refractivity contribution < 1.29 is 14.7 Å². The van der Waals surface area contributed by atoms with Gasteiger partial charge >= 0.3 is 5.97 Å². The van der Waals surface area contributed by atoms with E-state index in [1.165, 1.54) is 13.2 Å². The summed E-state index contributed by atoms with van der Waals surface area (Å²) < 4.78 is 2.73. The third kappa shape index (κ3) is 3.60. The number of rotatable bonds is 5. The molecule has 1 aromatic carbocycles. The normalized spacial score (nSPS) is 10.7. The van der Waals surface area contributed by atoms with Gasteiger partial charge in [-0.3, -0.25) is 14.2 Å². The van der Waals surface area contributed by atoms with Crippen molar-refractivity contribution in [3.8, 4) is 0 Å². The largest absolute Gasteiger partial charge is 0.477 e. The summed E-state index contributed by atoms with van der Waals surface area (Å²) in [6.07, 6.45) is 2.79. The quantitative estimate of drug-likeness (QED) is 0.715. The zero-order valence-electron chi connectivity index (χ0n) is 14.1. The van der Waals surface area contributed by atoms with E-state index < -0.39 is 11.9 Å². The van der Waals surface area contributed by atoms with E-state index in [0.717, 1.165) is 15.8 Å². The van der Waals surface area contributed by atoms with Crippen LogP contribution in [0.2, 0.25) is 5.02 Å². The predicted molar refractivity (Wildman–Crippen MR) is 95.6 cm³/mol. The molecule has 2 N–H and O–H groups in total. The van der Waals surface area contributed by atoms with E-state index in [4.69, 9.17) is 11.6 Å². The summed E-state index contributed by atoms with van der Waals surface area (Å²) in [6.45, 7) is 2.49. The molecule has 0 aliphatic rings. The fourth-order valence-corrected chi connectivity index (χ4v) is 2.79. The van der Waals surface area contributed by atoms with E-state index in [-0.39, 0.29) is 22.1 Å². The predicted octanol–water partition coefficient (Wildman–Crippen LogP) is 2.58. The van der Waals surface area contributed by atoms with Gasteiger partial charge in [0, 0.05) is 13.2 Å². The molecule has 3 aromatic rings. The van der Waals surface area contributed by atoms with Crippen LogP contribution in [0.15, 0.2) is 36.7 Å². The van der Waals surface area contributed by atoms with Gasteiger partial charge in [0.25, 0.3) is 5.91 Å².